The van der Waals surface area contributed by atoms with Crippen LogP contribution in [0.4, 0.5) is 5.69 Å². The van der Waals surface area contributed by atoms with Crippen molar-refractivity contribution in [1.29, 1.82) is 0 Å². The van der Waals surface area contributed by atoms with E-state index >= 15 is 0 Å². The maximum absolute atomic E-state index is 12.2. The van der Waals surface area contributed by atoms with Gasteiger partial charge in [-0.1, -0.05) is 23.4 Å². The Morgan fingerprint density at radius 2 is 2.04 bits per heavy atom. The molecule has 0 spiro atoms. The van der Waals surface area contributed by atoms with Crippen LogP contribution in [0.3, 0.4) is 0 Å². The van der Waals surface area contributed by atoms with Crippen molar-refractivity contribution in [1.82, 2.24) is 0 Å². The van der Waals surface area contributed by atoms with E-state index in [2.05, 4.69) is 10.3 Å². The number of aliphatic imine (C=N–C) groups is 1. The standard InChI is InChI=1S/C18H15ClN2O4S/c1-25-14-7-4-11(8-13(14)19)20-16(23)9-15-17(24)21-18(26-15)10-2-5-12(22)6-3-10/h2-8,15,22H,9H2,1H3,(H,20,23)/t15-/m0/s1. The summed E-state index contributed by atoms with van der Waals surface area (Å²) in [7, 11) is 1.51. The molecule has 2 aromatic carbocycles. The third-order valence-corrected chi connectivity index (χ3v) is 5.16. The van der Waals surface area contributed by atoms with E-state index in [0.717, 1.165) is 5.56 Å². The lowest BCUT2D eigenvalue weighted by Crippen LogP contribution is -2.21. The minimum Gasteiger partial charge on any atom is -0.508 e. The Bertz CT molecular complexity index is 883. The quantitative estimate of drug-likeness (QED) is 0.816. The van der Waals surface area contributed by atoms with Crippen LogP contribution in [0.5, 0.6) is 11.5 Å². The number of halogens is 1. The summed E-state index contributed by atoms with van der Waals surface area (Å²) in [6.07, 6.45) is -0.00175. The number of carbonyl (C=O) groups excluding carboxylic acids is 2. The molecule has 6 nitrogen and oxygen atoms in total. The summed E-state index contributed by atoms with van der Waals surface area (Å²) < 4.78 is 5.06. The molecule has 3 rings (SSSR count). The summed E-state index contributed by atoms with van der Waals surface area (Å²) in [4.78, 5) is 28.3. The smallest absolute Gasteiger partial charge is 0.260 e. The van der Waals surface area contributed by atoms with Crippen LogP contribution in [0, 0.1) is 0 Å². The summed E-state index contributed by atoms with van der Waals surface area (Å²) >= 11 is 7.27. The maximum atomic E-state index is 12.2. The van der Waals surface area contributed by atoms with Crippen LogP contribution < -0.4 is 10.1 Å². The van der Waals surface area contributed by atoms with Gasteiger partial charge in [-0.2, -0.15) is 0 Å². The van der Waals surface area contributed by atoms with Gasteiger partial charge in [0.25, 0.3) is 5.91 Å². The van der Waals surface area contributed by atoms with Crippen LogP contribution >= 0.6 is 23.4 Å². The molecule has 1 aliphatic heterocycles. The lowest BCUT2D eigenvalue weighted by molar-refractivity contribution is -0.121. The Morgan fingerprint density at radius 3 is 2.69 bits per heavy atom. The van der Waals surface area contributed by atoms with Crippen molar-refractivity contribution in [2.45, 2.75) is 11.7 Å². The summed E-state index contributed by atoms with van der Waals surface area (Å²) in [5, 5.41) is 12.4. The van der Waals surface area contributed by atoms with Crippen molar-refractivity contribution < 1.29 is 19.4 Å². The average Bonchev–Trinajstić information content (AvgIpc) is 2.96. The highest BCUT2D eigenvalue weighted by atomic mass is 35.5. The second-order valence-corrected chi connectivity index (χ2v) is 7.11. The highest BCUT2D eigenvalue weighted by Crippen LogP contribution is 2.31. The number of anilines is 1. The molecule has 0 bridgehead atoms. The third-order valence-electron chi connectivity index (χ3n) is 3.66. The molecule has 1 aliphatic rings. The zero-order valence-corrected chi connectivity index (χ0v) is 15.3. The first-order chi connectivity index (χ1) is 12.5. The van der Waals surface area contributed by atoms with E-state index in [1.165, 1.54) is 31.0 Å². The van der Waals surface area contributed by atoms with E-state index in [9.17, 15) is 14.7 Å². The first-order valence-electron chi connectivity index (χ1n) is 7.68. The number of nitrogens with one attached hydrogen (secondary N) is 1. The number of aromatic hydroxyl groups is 1. The molecule has 2 amide bonds. The van der Waals surface area contributed by atoms with E-state index in [4.69, 9.17) is 16.3 Å². The Kier molecular flexibility index (Phi) is 5.49. The van der Waals surface area contributed by atoms with Gasteiger partial charge in [-0.05, 0) is 42.5 Å². The number of methoxy groups -OCH3 is 1. The minimum absolute atomic E-state index is 0.00175. The number of carbonyl (C=O) groups is 2. The van der Waals surface area contributed by atoms with Gasteiger partial charge in [0.15, 0.2) is 0 Å². The van der Waals surface area contributed by atoms with Crippen LogP contribution in [0.1, 0.15) is 12.0 Å². The number of rotatable bonds is 5. The number of hydrogen-bond donors (Lipinski definition) is 2. The van der Waals surface area contributed by atoms with Gasteiger partial charge in [0.05, 0.1) is 12.1 Å². The molecule has 0 saturated carbocycles. The molecule has 0 aliphatic carbocycles. The largest absolute Gasteiger partial charge is 0.508 e. The molecule has 134 valence electrons. The molecule has 0 radical (unpaired) electrons. The lowest BCUT2D eigenvalue weighted by Gasteiger charge is -2.10. The Labute approximate surface area is 159 Å². The molecule has 1 atom stereocenters. The normalized spacial score (nSPS) is 16.3. The molecule has 0 saturated heterocycles. The molecule has 0 aromatic heterocycles. The predicted molar refractivity (Wildman–Crippen MR) is 102 cm³/mol. The Balaban J connectivity index is 1.61. The molecule has 26 heavy (non-hydrogen) atoms. The van der Waals surface area contributed by atoms with Gasteiger partial charge in [0.1, 0.15) is 21.8 Å². The van der Waals surface area contributed by atoms with E-state index in [1.54, 1.807) is 30.3 Å². The van der Waals surface area contributed by atoms with Gasteiger partial charge in [0.2, 0.25) is 5.91 Å². The van der Waals surface area contributed by atoms with Gasteiger partial charge in [-0.25, -0.2) is 4.99 Å². The summed E-state index contributed by atoms with van der Waals surface area (Å²) in [5.74, 6) is -0.00360. The van der Waals surface area contributed by atoms with Crippen molar-refractivity contribution in [3.8, 4) is 11.5 Å². The number of hydrogen-bond acceptors (Lipinski definition) is 5. The molecule has 0 unspecified atom stereocenters. The topological polar surface area (TPSA) is 88.0 Å². The second-order valence-electron chi connectivity index (χ2n) is 5.51. The van der Waals surface area contributed by atoms with Gasteiger partial charge >= 0.3 is 0 Å². The van der Waals surface area contributed by atoms with Gasteiger partial charge in [0, 0.05) is 17.7 Å². The number of ether oxygens (including phenoxy) is 1. The fourth-order valence-electron chi connectivity index (χ4n) is 2.37. The number of nitrogens with zero attached hydrogens (tertiary/aromatic N) is 1. The van der Waals surface area contributed by atoms with Crippen LogP contribution in [-0.4, -0.2) is 34.3 Å². The van der Waals surface area contributed by atoms with Crippen LogP contribution in [0.15, 0.2) is 47.5 Å². The maximum Gasteiger partial charge on any atom is 0.260 e. The van der Waals surface area contributed by atoms with Gasteiger partial charge in [-0.3, -0.25) is 9.59 Å². The first kappa shape index (κ1) is 18.3. The zero-order chi connectivity index (χ0) is 18.7. The van der Waals surface area contributed by atoms with Crippen molar-refractivity contribution in [3.63, 3.8) is 0 Å². The monoisotopic (exact) mass is 390 g/mol. The average molecular weight is 391 g/mol. The zero-order valence-electron chi connectivity index (χ0n) is 13.7. The molecule has 2 aromatic rings. The van der Waals surface area contributed by atoms with Crippen LogP contribution in [-0.2, 0) is 9.59 Å². The minimum atomic E-state index is -0.576. The van der Waals surface area contributed by atoms with Gasteiger partial charge in [-0.15, -0.1) is 0 Å². The second kappa shape index (κ2) is 7.80. The van der Waals surface area contributed by atoms with E-state index in [1.807, 2.05) is 0 Å². The van der Waals surface area contributed by atoms with Crippen molar-refractivity contribution in [3.05, 3.63) is 53.1 Å². The molecule has 8 heteroatoms. The molecular weight excluding hydrogens is 376 g/mol. The number of phenolic OH excluding ortho intramolecular Hbond substituents is 1. The number of phenols is 1. The molecule has 1 heterocycles. The molecular formula is C18H15ClN2O4S. The fourth-order valence-corrected chi connectivity index (χ4v) is 3.70. The number of thioether (sulfide) groups is 1. The fraction of sp³-hybridized carbons (Fsp3) is 0.167. The molecule has 2 N–H and O–H groups in total. The molecule has 0 fully saturated rings. The van der Waals surface area contributed by atoms with Crippen molar-refractivity contribution in [2.24, 2.45) is 4.99 Å². The third kappa shape index (κ3) is 4.17. The summed E-state index contributed by atoms with van der Waals surface area (Å²) in [5.41, 5.74) is 1.25. The van der Waals surface area contributed by atoms with E-state index in [-0.39, 0.29) is 24.0 Å². The highest BCUT2D eigenvalue weighted by Gasteiger charge is 2.31. The number of amides is 2. The summed E-state index contributed by atoms with van der Waals surface area (Å²) in [6, 6.07) is 11.3. The van der Waals surface area contributed by atoms with Crippen LogP contribution in [0.2, 0.25) is 5.02 Å². The first-order valence-corrected chi connectivity index (χ1v) is 8.94. The van der Waals surface area contributed by atoms with E-state index in [0.29, 0.717) is 21.5 Å². The Morgan fingerprint density at radius 1 is 1.31 bits per heavy atom. The summed E-state index contributed by atoms with van der Waals surface area (Å²) in [6.45, 7) is 0. The highest BCUT2D eigenvalue weighted by molar-refractivity contribution is 8.16. The lowest BCUT2D eigenvalue weighted by atomic mass is 10.2. The Hall–Kier alpha value is -2.51. The van der Waals surface area contributed by atoms with Gasteiger partial charge < -0.3 is 15.2 Å². The predicted octanol–water partition coefficient (Wildman–Crippen LogP) is 3.47. The van der Waals surface area contributed by atoms with Crippen molar-refractivity contribution >= 4 is 45.9 Å². The number of benzene rings is 2. The van der Waals surface area contributed by atoms with E-state index < -0.39 is 5.25 Å². The van der Waals surface area contributed by atoms with Crippen LogP contribution in [0.25, 0.3) is 0 Å². The SMILES string of the molecule is COc1ccc(NC(=O)C[C@@H]2SC(c3ccc(O)cc3)=NC2=O)cc1Cl. The van der Waals surface area contributed by atoms with Crippen molar-refractivity contribution in [2.75, 3.05) is 12.4 Å².